The second-order valence-electron chi connectivity index (χ2n) is 6.88. The number of anilines is 1. The first-order chi connectivity index (χ1) is 14.3. The number of hydrogen-bond donors (Lipinski definition) is 1. The van der Waals surface area contributed by atoms with Gasteiger partial charge in [-0.25, -0.2) is 14.6 Å². The zero-order valence-corrected chi connectivity index (χ0v) is 19.4. The fraction of sp³-hybridized carbons (Fsp3) is 0.333. The number of nitrogens with zero attached hydrogens (tertiary/aromatic N) is 7. The maximum absolute atomic E-state index is 4.46. The lowest BCUT2D eigenvalue weighted by Crippen LogP contribution is -2.53. The molecule has 3 heterocycles. The van der Waals surface area contributed by atoms with Crippen LogP contribution in [-0.2, 0) is 6.42 Å². The molecule has 158 valence electrons. The number of rotatable bonds is 5. The van der Waals surface area contributed by atoms with Crippen molar-refractivity contribution in [1.82, 2.24) is 30.0 Å². The molecule has 0 unspecified atom stereocenters. The summed E-state index contributed by atoms with van der Waals surface area (Å²) in [6.45, 7) is 4.37. The summed E-state index contributed by atoms with van der Waals surface area (Å²) in [5.41, 5.74) is 2.27. The highest BCUT2D eigenvalue weighted by atomic mass is 127. The maximum Gasteiger partial charge on any atom is 0.225 e. The van der Waals surface area contributed by atoms with Crippen LogP contribution in [0.1, 0.15) is 5.56 Å². The fourth-order valence-electron chi connectivity index (χ4n) is 3.43. The molecule has 4 rings (SSSR count). The largest absolute Gasteiger partial charge is 0.356 e. The number of guanidine groups is 1. The van der Waals surface area contributed by atoms with E-state index in [9.17, 15) is 0 Å². The van der Waals surface area contributed by atoms with Gasteiger partial charge >= 0.3 is 0 Å². The average molecular weight is 518 g/mol. The predicted octanol–water partition coefficient (Wildman–Crippen LogP) is 2.22. The highest BCUT2D eigenvalue weighted by Crippen LogP contribution is 2.10. The lowest BCUT2D eigenvalue weighted by atomic mass is 10.2. The summed E-state index contributed by atoms with van der Waals surface area (Å²) in [7, 11) is 1.84. The number of hydrogen-bond acceptors (Lipinski definition) is 5. The van der Waals surface area contributed by atoms with Crippen LogP contribution in [0.15, 0.2) is 66.2 Å². The topological polar surface area (TPSA) is 74.5 Å². The zero-order chi connectivity index (χ0) is 19.9. The van der Waals surface area contributed by atoms with Crippen LogP contribution in [0.4, 0.5) is 5.95 Å². The Bertz CT molecular complexity index is 920. The molecule has 0 aliphatic carbocycles. The van der Waals surface area contributed by atoms with Crippen LogP contribution in [0.2, 0.25) is 0 Å². The van der Waals surface area contributed by atoms with Crippen molar-refractivity contribution in [2.75, 3.05) is 44.7 Å². The number of benzene rings is 1. The minimum absolute atomic E-state index is 0. The third-order valence-electron chi connectivity index (χ3n) is 4.98. The number of para-hydroxylation sites is 1. The summed E-state index contributed by atoms with van der Waals surface area (Å²) in [4.78, 5) is 17.6. The van der Waals surface area contributed by atoms with E-state index in [4.69, 9.17) is 0 Å². The Kier molecular flexibility index (Phi) is 8.00. The molecule has 1 aromatic carbocycles. The number of halogens is 1. The van der Waals surface area contributed by atoms with Crippen molar-refractivity contribution in [2.45, 2.75) is 6.42 Å². The molecule has 8 nitrogen and oxygen atoms in total. The first-order valence-electron chi connectivity index (χ1n) is 9.90. The molecule has 9 heteroatoms. The molecule has 0 atom stereocenters. The Morgan fingerprint density at radius 2 is 1.77 bits per heavy atom. The number of nitrogens with one attached hydrogen (secondary N) is 1. The van der Waals surface area contributed by atoms with E-state index in [2.05, 4.69) is 53.5 Å². The summed E-state index contributed by atoms with van der Waals surface area (Å²) in [6.07, 6.45) is 8.47. The van der Waals surface area contributed by atoms with Gasteiger partial charge in [-0.2, -0.15) is 5.10 Å². The Labute approximate surface area is 194 Å². The molecule has 0 radical (unpaired) electrons. The van der Waals surface area contributed by atoms with Crippen molar-refractivity contribution in [3.05, 3.63) is 66.7 Å². The van der Waals surface area contributed by atoms with Crippen LogP contribution in [-0.4, -0.2) is 70.4 Å². The van der Waals surface area contributed by atoms with Crippen molar-refractivity contribution in [3.8, 4) is 5.69 Å². The summed E-state index contributed by atoms with van der Waals surface area (Å²) < 4.78 is 1.91. The van der Waals surface area contributed by atoms with Gasteiger partial charge in [-0.05, 0) is 30.2 Å². The van der Waals surface area contributed by atoms with Crippen molar-refractivity contribution in [2.24, 2.45) is 4.99 Å². The normalized spacial score (nSPS) is 14.4. The van der Waals surface area contributed by atoms with Gasteiger partial charge in [-0.15, -0.1) is 24.0 Å². The van der Waals surface area contributed by atoms with Crippen molar-refractivity contribution < 1.29 is 0 Å². The lowest BCUT2D eigenvalue weighted by molar-refractivity contribution is 0.370. The first kappa shape index (κ1) is 22.0. The zero-order valence-electron chi connectivity index (χ0n) is 17.1. The summed E-state index contributed by atoms with van der Waals surface area (Å²) >= 11 is 0. The molecule has 1 fully saturated rings. The summed E-state index contributed by atoms with van der Waals surface area (Å²) in [5.74, 6) is 1.74. The third-order valence-corrected chi connectivity index (χ3v) is 4.98. The summed E-state index contributed by atoms with van der Waals surface area (Å²) in [5, 5.41) is 7.94. The van der Waals surface area contributed by atoms with E-state index >= 15 is 0 Å². The van der Waals surface area contributed by atoms with Gasteiger partial charge in [0.1, 0.15) is 0 Å². The van der Waals surface area contributed by atoms with Gasteiger partial charge in [0, 0.05) is 58.4 Å². The monoisotopic (exact) mass is 518 g/mol. The van der Waals surface area contributed by atoms with Gasteiger partial charge < -0.3 is 15.1 Å². The minimum atomic E-state index is 0. The molecular weight excluding hydrogens is 491 g/mol. The standard InChI is InChI=1S/C21H26N8.HI/c1-22-20(27-12-14-28(15-13-27)21-23-9-5-10-24-21)25-11-8-18-16-26-29(17-18)19-6-3-2-4-7-19;/h2-7,9-10,16-17H,8,11-15H2,1H3,(H,22,25);1H. The third kappa shape index (κ3) is 5.47. The second kappa shape index (κ2) is 10.9. The molecule has 1 aliphatic rings. The van der Waals surface area contributed by atoms with Gasteiger partial charge in [0.15, 0.2) is 5.96 Å². The van der Waals surface area contributed by atoms with Crippen LogP contribution < -0.4 is 10.2 Å². The quantitative estimate of drug-likeness (QED) is 0.317. The molecule has 2 aromatic heterocycles. The van der Waals surface area contributed by atoms with Crippen LogP contribution in [0, 0.1) is 0 Å². The van der Waals surface area contributed by atoms with E-state index in [1.54, 1.807) is 12.4 Å². The Hall–Kier alpha value is -2.69. The molecule has 0 spiro atoms. The fourth-order valence-corrected chi connectivity index (χ4v) is 3.43. The van der Waals surface area contributed by atoms with E-state index in [0.29, 0.717) is 0 Å². The average Bonchev–Trinajstić information content (AvgIpc) is 3.27. The SMILES string of the molecule is CN=C(NCCc1cnn(-c2ccccc2)c1)N1CCN(c2ncccn2)CC1.I. The van der Waals surface area contributed by atoms with E-state index in [1.165, 1.54) is 5.56 Å². The number of piperazine rings is 1. The van der Waals surface area contributed by atoms with Gasteiger partial charge in [0.05, 0.1) is 11.9 Å². The molecule has 3 aromatic rings. The van der Waals surface area contributed by atoms with Crippen LogP contribution in [0.5, 0.6) is 0 Å². The molecule has 0 amide bonds. The number of aromatic nitrogens is 4. The second-order valence-corrected chi connectivity index (χ2v) is 6.88. The van der Waals surface area contributed by atoms with E-state index < -0.39 is 0 Å². The smallest absolute Gasteiger partial charge is 0.225 e. The molecule has 1 aliphatic heterocycles. The maximum atomic E-state index is 4.46. The molecule has 0 bridgehead atoms. The van der Waals surface area contributed by atoms with Crippen molar-refractivity contribution in [1.29, 1.82) is 0 Å². The van der Waals surface area contributed by atoms with E-state index in [0.717, 1.165) is 56.7 Å². The Morgan fingerprint density at radius 3 is 2.47 bits per heavy atom. The summed E-state index contributed by atoms with van der Waals surface area (Å²) in [6, 6.07) is 12.0. The minimum Gasteiger partial charge on any atom is -0.356 e. The van der Waals surface area contributed by atoms with E-state index in [-0.39, 0.29) is 24.0 Å². The predicted molar refractivity (Wildman–Crippen MR) is 130 cm³/mol. The first-order valence-corrected chi connectivity index (χ1v) is 9.90. The molecule has 30 heavy (non-hydrogen) atoms. The molecule has 1 N–H and O–H groups in total. The van der Waals surface area contributed by atoms with Gasteiger partial charge in [0.2, 0.25) is 5.95 Å². The van der Waals surface area contributed by atoms with Crippen molar-refractivity contribution in [3.63, 3.8) is 0 Å². The Morgan fingerprint density at radius 1 is 1.03 bits per heavy atom. The molecule has 0 saturated carbocycles. The lowest BCUT2D eigenvalue weighted by Gasteiger charge is -2.36. The van der Waals surface area contributed by atoms with Crippen LogP contribution in [0.3, 0.4) is 0 Å². The van der Waals surface area contributed by atoms with Gasteiger partial charge in [0.25, 0.3) is 0 Å². The Balaban J connectivity index is 0.00000256. The molecule has 1 saturated heterocycles. The van der Waals surface area contributed by atoms with Crippen LogP contribution in [0.25, 0.3) is 5.69 Å². The molecular formula is C21H27IN8. The van der Waals surface area contributed by atoms with Crippen molar-refractivity contribution >= 4 is 35.9 Å². The van der Waals surface area contributed by atoms with Gasteiger partial charge in [-0.1, -0.05) is 18.2 Å². The van der Waals surface area contributed by atoms with Gasteiger partial charge in [-0.3, -0.25) is 4.99 Å². The highest BCUT2D eigenvalue weighted by molar-refractivity contribution is 14.0. The van der Waals surface area contributed by atoms with Crippen LogP contribution >= 0.6 is 24.0 Å². The number of aliphatic imine (C=N–C) groups is 1. The highest BCUT2D eigenvalue weighted by Gasteiger charge is 2.20. The van der Waals surface area contributed by atoms with E-state index in [1.807, 2.05) is 42.2 Å².